The number of allylic oxidation sites excluding steroid dienone is 2. The van der Waals surface area contributed by atoms with Gasteiger partial charge in [-0.15, -0.1) is 0 Å². The van der Waals surface area contributed by atoms with E-state index in [2.05, 4.69) is 10.3 Å². The molecule has 0 fully saturated rings. The van der Waals surface area contributed by atoms with Crippen LogP contribution in [0.4, 0.5) is 13.2 Å². The van der Waals surface area contributed by atoms with Gasteiger partial charge in [-0.2, -0.15) is 13.2 Å². The zero-order valence-electron chi connectivity index (χ0n) is 19.2. The quantitative estimate of drug-likeness (QED) is 0.592. The van der Waals surface area contributed by atoms with Crippen LogP contribution >= 0.6 is 0 Å². The van der Waals surface area contributed by atoms with Crippen molar-refractivity contribution in [2.24, 2.45) is 0 Å². The SMILES string of the molecule is CC1=C(C(=O)OCc2ccc(C(F)(F)F)cc2)C(c2cccnc2)C(C(=O)OC(C)C)=C(C)N1. The van der Waals surface area contributed by atoms with E-state index in [1.165, 1.54) is 12.1 Å². The number of pyridine rings is 1. The molecule has 0 saturated heterocycles. The first-order chi connectivity index (χ1) is 16.0. The van der Waals surface area contributed by atoms with Crippen molar-refractivity contribution in [1.82, 2.24) is 10.3 Å². The molecular weight excluding hydrogens is 449 g/mol. The van der Waals surface area contributed by atoms with E-state index >= 15 is 0 Å². The third-order valence-electron chi connectivity index (χ3n) is 5.21. The van der Waals surface area contributed by atoms with Crippen molar-refractivity contribution in [1.29, 1.82) is 0 Å². The van der Waals surface area contributed by atoms with Crippen LogP contribution in [0.3, 0.4) is 0 Å². The van der Waals surface area contributed by atoms with Crippen LogP contribution in [0.15, 0.2) is 71.3 Å². The standard InChI is InChI=1S/C25H25F3N2O4/c1-14(2)34-24(32)21-16(4)30-15(3)20(22(21)18-6-5-11-29-12-18)23(31)33-13-17-7-9-19(10-8-17)25(26,27)28/h5-12,14,22,30H,13H2,1-4H3. The number of hydrogen-bond donors (Lipinski definition) is 1. The Hall–Kier alpha value is -3.62. The van der Waals surface area contributed by atoms with Gasteiger partial charge in [-0.3, -0.25) is 4.98 Å². The summed E-state index contributed by atoms with van der Waals surface area (Å²) in [5.74, 6) is -2.07. The van der Waals surface area contributed by atoms with E-state index in [1.54, 1.807) is 52.2 Å². The van der Waals surface area contributed by atoms with Gasteiger partial charge in [-0.1, -0.05) is 18.2 Å². The van der Waals surface area contributed by atoms with Gasteiger partial charge in [0, 0.05) is 23.8 Å². The lowest BCUT2D eigenvalue weighted by molar-refractivity contribution is -0.143. The molecule has 1 aliphatic heterocycles. The van der Waals surface area contributed by atoms with E-state index in [-0.39, 0.29) is 23.9 Å². The minimum atomic E-state index is -4.45. The Balaban J connectivity index is 1.90. The number of aromatic nitrogens is 1. The zero-order chi connectivity index (χ0) is 25.0. The highest BCUT2D eigenvalue weighted by Crippen LogP contribution is 2.39. The smallest absolute Gasteiger partial charge is 0.416 e. The van der Waals surface area contributed by atoms with Crippen LogP contribution < -0.4 is 5.32 Å². The number of nitrogens with one attached hydrogen (secondary N) is 1. The Morgan fingerprint density at radius 1 is 1.03 bits per heavy atom. The molecule has 0 spiro atoms. The number of benzene rings is 1. The van der Waals surface area contributed by atoms with Gasteiger partial charge in [0.15, 0.2) is 0 Å². The summed E-state index contributed by atoms with van der Waals surface area (Å²) in [6.07, 6.45) is -1.69. The van der Waals surface area contributed by atoms with E-state index in [0.717, 1.165) is 12.1 Å². The Kier molecular flexibility index (Phi) is 7.44. The van der Waals surface area contributed by atoms with Crippen LogP contribution in [-0.2, 0) is 31.8 Å². The molecule has 0 aliphatic carbocycles. The molecule has 1 aliphatic rings. The molecule has 2 heterocycles. The summed E-state index contributed by atoms with van der Waals surface area (Å²) < 4.78 is 49.2. The number of ether oxygens (including phenoxy) is 2. The van der Waals surface area contributed by atoms with Crippen LogP contribution in [0.1, 0.15) is 50.3 Å². The number of rotatable bonds is 6. The molecule has 1 unspecified atom stereocenters. The van der Waals surface area contributed by atoms with E-state index in [4.69, 9.17) is 9.47 Å². The fraction of sp³-hybridized carbons (Fsp3) is 0.320. The first kappa shape index (κ1) is 25.0. The van der Waals surface area contributed by atoms with E-state index in [9.17, 15) is 22.8 Å². The molecular formula is C25H25F3N2O4. The topological polar surface area (TPSA) is 77.5 Å². The second kappa shape index (κ2) is 10.1. The van der Waals surface area contributed by atoms with Crippen LogP contribution in [0.25, 0.3) is 0 Å². The van der Waals surface area contributed by atoms with Gasteiger partial charge in [-0.05, 0) is 57.0 Å². The second-order valence-corrected chi connectivity index (χ2v) is 8.15. The highest BCUT2D eigenvalue weighted by atomic mass is 19.4. The van der Waals surface area contributed by atoms with Crippen molar-refractivity contribution in [3.8, 4) is 0 Å². The summed E-state index contributed by atoms with van der Waals surface area (Å²) >= 11 is 0. The average Bonchev–Trinajstić information content (AvgIpc) is 2.76. The summed E-state index contributed by atoms with van der Waals surface area (Å²) in [7, 11) is 0. The summed E-state index contributed by atoms with van der Waals surface area (Å²) in [6.45, 7) is 6.62. The number of alkyl halides is 3. The zero-order valence-corrected chi connectivity index (χ0v) is 19.2. The Morgan fingerprint density at radius 2 is 1.65 bits per heavy atom. The molecule has 0 saturated carbocycles. The fourth-order valence-electron chi connectivity index (χ4n) is 3.71. The maximum absolute atomic E-state index is 13.2. The highest BCUT2D eigenvalue weighted by molar-refractivity contribution is 5.99. The molecule has 1 atom stereocenters. The number of nitrogens with zero attached hydrogens (tertiary/aromatic N) is 1. The molecule has 6 nitrogen and oxygen atoms in total. The molecule has 1 aromatic carbocycles. The molecule has 9 heteroatoms. The van der Waals surface area contributed by atoms with Gasteiger partial charge in [0.05, 0.1) is 28.7 Å². The van der Waals surface area contributed by atoms with E-state index in [0.29, 0.717) is 22.5 Å². The van der Waals surface area contributed by atoms with Crippen molar-refractivity contribution in [2.75, 3.05) is 0 Å². The first-order valence-electron chi connectivity index (χ1n) is 10.6. The third-order valence-corrected chi connectivity index (χ3v) is 5.21. The van der Waals surface area contributed by atoms with Crippen LogP contribution in [-0.4, -0.2) is 23.0 Å². The third kappa shape index (κ3) is 5.65. The normalized spacial score (nSPS) is 16.4. The number of carbonyl (C=O) groups is 2. The number of dihydropyridines is 1. The molecule has 0 bridgehead atoms. The Bertz CT molecular complexity index is 1120. The van der Waals surface area contributed by atoms with Crippen molar-refractivity contribution in [2.45, 2.75) is 52.5 Å². The monoisotopic (exact) mass is 474 g/mol. The Labute approximate surface area is 195 Å². The van der Waals surface area contributed by atoms with Crippen LogP contribution in [0, 0.1) is 0 Å². The lowest BCUT2D eigenvalue weighted by Gasteiger charge is -2.30. The summed E-state index contributed by atoms with van der Waals surface area (Å²) in [4.78, 5) is 30.3. The van der Waals surface area contributed by atoms with Crippen molar-refractivity contribution < 1.29 is 32.2 Å². The number of esters is 2. The molecule has 3 rings (SSSR count). The van der Waals surface area contributed by atoms with Gasteiger partial charge >= 0.3 is 18.1 Å². The van der Waals surface area contributed by atoms with Crippen LogP contribution in [0.5, 0.6) is 0 Å². The molecule has 2 aromatic rings. The van der Waals surface area contributed by atoms with Gasteiger partial charge in [0.2, 0.25) is 0 Å². The first-order valence-corrected chi connectivity index (χ1v) is 10.6. The van der Waals surface area contributed by atoms with Crippen molar-refractivity contribution in [3.05, 3.63) is 88.0 Å². The van der Waals surface area contributed by atoms with Gasteiger partial charge in [-0.25, -0.2) is 9.59 Å². The maximum atomic E-state index is 13.2. The van der Waals surface area contributed by atoms with E-state index in [1.807, 2.05) is 0 Å². The minimum Gasteiger partial charge on any atom is -0.460 e. The molecule has 180 valence electrons. The van der Waals surface area contributed by atoms with Gasteiger partial charge < -0.3 is 14.8 Å². The molecule has 1 N–H and O–H groups in total. The fourth-order valence-corrected chi connectivity index (χ4v) is 3.71. The van der Waals surface area contributed by atoms with Crippen molar-refractivity contribution >= 4 is 11.9 Å². The predicted octanol–water partition coefficient (Wildman–Crippen LogP) is 5.03. The van der Waals surface area contributed by atoms with E-state index < -0.39 is 29.6 Å². The number of halogens is 3. The van der Waals surface area contributed by atoms with Gasteiger partial charge in [0.1, 0.15) is 6.61 Å². The Morgan fingerprint density at radius 3 is 2.18 bits per heavy atom. The summed E-state index contributed by atoms with van der Waals surface area (Å²) in [5, 5.41) is 3.05. The number of carbonyl (C=O) groups excluding carboxylic acids is 2. The van der Waals surface area contributed by atoms with Crippen LogP contribution in [0.2, 0.25) is 0 Å². The number of hydrogen-bond acceptors (Lipinski definition) is 6. The molecule has 0 amide bonds. The van der Waals surface area contributed by atoms with Gasteiger partial charge in [0.25, 0.3) is 0 Å². The lowest BCUT2D eigenvalue weighted by atomic mass is 9.81. The minimum absolute atomic E-state index is 0.196. The summed E-state index contributed by atoms with van der Waals surface area (Å²) in [5.41, 5.74) is 1.69. The maximum Gasteiger partial charge on any atom is 0.416 e. The second-order valence-electron chi connectivity index (χ2n) is 8.15. The van der Waals surface area contributed by atoms with Crippen molar-refractivity contribution in [3.63, 3.8) is 0 Å². The average molecular weight is 474 g/mol. The lowest BCUT2D eigenvalue weighted by Crippen LogP contribution is -2.33. The molecule has 34 heavy (non-hydrogen) atoms. The predicted molar refractivity (Wildman–Crippen MR) is 118 cm³/mol. The summed E-state index contributed by atoms with van der Waals surface area (Å²) in [6, 6.07) is 7.81. The molecule has 1 aromatic heterocycles. The largest absolute Gasteiger partial charge is 0.460 e. The molecule has 0 radical (unpaired) electrons. The highest BCUT2D eigenvalue weighted by Gasteiger charge is 2.38.